The number of hydrogen-bond acceptors (Lipinski definition) is 3. The number of hydrogen-bond donors (Lipinski definition) is 1. The normalized spacial score (nSPS) is 8.44. The highest BCUT2D eigenvalue weighted by molar-refractivity contribution is 4.98. The van der Waals surface area contributed by atoms with Crippen LogP contribution in [-0.2, 0) is 0 Å². The summed E-state index contributed by atoms with van der Waals surface area (Å²) in [5, 5.41) is 24.7. The summed E-state index contributed by atoms with van der Waals surface area (Å²) >= 11 is 0. The Hall–Kier alpha value is -1.06. The highest BCUT2D eigenvalue weighted by Crippen LogP contribution is 2.01. The van der Waals surface area contributed by atoms with Crippen molar-refractivity contribution in [2.45, 2.75) is 12.8 Å². The number of nitrogens with zero attached hydrogens (tertiary/aromatic N) is 2. The van der Waals surface area contributed by atoms with Gasteiger partial charge in [0.05, 0.1) is 12.1 Å². The van der Waals surface area contributed by atoms with E-state index in [-0.39, 0.29) is 6.61 Å². The van der Waals surface area contributed by atoms with Crippen molar-refractivity contribution in [3.63, 3.8) is 0 Å². The Labute approximate surface area is 54.1 Å². The molecule has 48 valence electrons. The van der Waals surface area contributed by atoms with Crippen molar-refractivity contribution >= 4 is 0 Å². The molecule has 0 rings (SSSR count). The Morgan fingerprint density at radius 2 is 1.89 bits per heavy atom. The maximum Gasteiger partial charge on any atom is 0.133 e. The molecule has 0 aliphatic heterocycles. The number of aliphatic hydroxyl groups excluding tert-OH is 1. The second-order valence-corrected chi connectivity index (χ2v) is 1.68. The van der Waals surface area contributed by atoms with E-state index >= 15 is 0 Å². The van der Waals surface area contributed by atoms with Crippen LogP contribution in [0, 0.1) is 28.6 Å². The summed E-state index contributed by atoms with van der Waals surface area (Å²) in [7, 11) is 0. The van der Waals surface area contributed by atoms with Crippen LogP contribution in [0.4, 0.5) is 0 Å². The SMILES string of the molecule is N#CC(C#N)CCCO. The van der Waals surface area contributed by atoms with Crippen molar-refractivity contribution < 1.29 is 5.11 Å². The molecule has 0 bridgehead atoms. The number of aliphatic hydroxyl groups is 1. The van der Waals surface area contributed by atoms with E-state index in [0.29, 0.717) is 12.8 Å². The average Bonchev–Trinajstić information content (AvgIpc) is 1.91. The zero-order chi connectivity index (χ0) is 7.11. The van der Waals surface area contributed by atoms with Gasteiger partial charge in [-0.25, -0.2) is 0 Å². The van der Waals surface area contributed by atoms with Gasteiger partial charge in [-0.15, -0.1) is 0 Å². The molecule has 0 unspecified atom stereocenters. The summed E-state index contributed by atoms with van der Waals surface area (Å²) < 4.78 is 0. The fourth-order valence-corrected chi connectivity index (χ4v) is 0.453. The molecule has 0 aromatic heterocycles. The topological polar surface area (TPSA) is 67.8 Å². The van der Waals surface area contributed by atoms with Crippen LogP contribution in [0.1, 0.15) is 12.8 Å². The van der Waals surface area contributed by atoms with Gasteiger partial charge in [-0.1, -0.05) is 0 Å². The summed E-state index contributed by atoms with van der Waals surface area (Å²) in [6.07, 6.45) is 1.01. The Bertz CT molecular complexity index is 128. The predicted molar refractivity (Wildman–Crippen MR) is 31.0 cm³/mol. The first-order valence-electron chi connectivity index (χ1n) is 2.75. The minimum Gasteiger partial charge on any atom is -0.396 e. The van der Waals surface area contributed by atoms with Gasteiger partial charge < -0.3 is 5.11 Å². The summed E-state index contributed by atoms with van der Waals surface area (Å²) in [5.74, 6) is -0.544. The predicted octanol–water partition coefficient (Wildman–Crippen LogP) is 0.422. The zero-order valence-electron chi connectivity index (χ0n) is 5.04. The average molecular weight is 124 g/mol. The van der Waals surface area contributed by atoms with Crippen LogP contribution in [0.2, 0.25) is 0 Å². The summed E-state index contributed by atoms with van der Waals surface area (Å²) in [6.45, 7) is 0.0554. The molecule has 0 spiro atoms. The minimum absolute atomic E-state index is 0.0554. The van der Waals surface area contributed by atoms with Gasteiger partial charge in [0.15, 0.2) is 0 Å². The first-order chi connectivity index (χ1) is 4.35. The maximum absolute atomic E-state index is 8.29. The molecule has 0 aromatic carbocycles. The summed E-state index contributed by atoms with van der Waals surface area (Å²) in [4.78, 5) is 0. The van der Waals surface area contributed by atoms with Crippen LogP contribution in [0.3, 0.4) is 0 Å². The largest absolute Gasteiger partial charge is 0.396 e. The van der Waals surface area contributed by atoms with Crippen LogP contribution >= 0.6 is 0 Å². The van der Waals surface area contributed by atoms with Crippen molar-refractivity contribution in [2.24, 2.45) is 5.92 Å². The Morgan fingerprint density at radius 1 is 1.33 bits per heavy atom. The molecule has 1 N–H and O–H groups in total. The van der Waals surface area contributed by atoms with Crippen LogP contribution in [0.15, 0.2) is 0 Å². The van der Waals surface area contributed by atoms with Gasteiger partial charge in [-0.2, -0.15) is 10.5 Å². The molecule has 9 heavy (non-hydrogen) atoms. The smallest absolute Gasteiger partial charge is 0.133 e. The first-order valence-corrected chi connectivity index (χ1v) is 2.75. The third-order valence-electron chi connectivity index (χ3n) is 0.963. The van der Waals surface area contributed by atoms with Gasteiger partial charge in [0.2, 0.25) is 0 Å². The first kappa shape index (κ1) is 7.94. The quantitative estimate of drug-likeness (QED) is 0.592. The van der Waals surface area contributed by atoms with E-state index in [9.17, 15) is 0 Å². The van der Waals surface area contributed by atoms with E-state index in [1.165, 1.54) is 0 Å². The van der Waals surface area contributed by atoms with Crippen LogP contribution in [-0.4, -0.2) is 11.7 Å². The summed E-state index contributed by atoms with van der Waals surface area (Å²) in [6, 6.07) is 3.63. The molecule has 3 heteroatoms. The maximum atomic E-state index is 8.29. The van der Waals surface area contributed by atoms with Gasteiger partial charge in [-0.05, 0) is 12.8 Å². The lowest BCUT2D eigenvalue weighted by molar-refractivity contribution is 0.282. The van der Waals surface area contributed by atoms with E-state index < -0.39 is 5.92 Å². The molecule has 0 heterocycles. The minimum atomic E-state index is -0.544. The van der Waals surface area contributed by atoms with E-state index in [1.807, 2.05) is 12.1 Å². The fourth-order valence-electron chi connectivity index (χ4n) is 0.453. The third kappa shape index (κ3) is 3.52. The van der Waals surface area contributed by atoms with Gasteiger partial charge in [0.25, 0.3) is 0 Å². The fraction of sp³-hybridized carbons (Fsp3) is 0.667. The Balaban J connectivity index is 3.38. The summed E-state index contributed by atoms with van der Waals surface area (Å²) in [5.41, 5.74) is 0. The molecule has 0 radical (unpaired) electrons. The van der Waals surface area contributed by atoms with Gasteiger partial charge in [0.1, 0.15) is 5.92 Å². The molecule has 0 saturated carbocycles. The van der Waals surface area contributed by atoms with Crippen molar-refractivity contribution in [2.75, 3.05) is 6.61 Å². The standard InChI is InChI=1S/C6H8N2O/c7-4-6(5-8)2-1-3-9/h6,9H,1-3H2. The van der Waals surface area contributed by atoms with Gasteiger partial charge in [-0.3, -0.25) is 0 Å². The Kier molecular flexibility index (Phi) is 4.49. The van der Waals surface area contributed by atoms with Gasteiger partial charge >= 0.3 is 0 Å². The van der Waals surface area contributed by atoms with E-state index in [1.54, 1.807) is 0 Å². The highest BCUT2D eigenvalue weighted by atomic mass is 16.2. The molecular weight excluding hydrogens is 116 g/mol. The number of rotatable bonds is 3. The van der Waals surface area contributed by atoms with Gasteiger partial charge in [0, 0.05) is 6.61 Å². The van der Waals surface area contributed by atoms with Crippen LogP contribution in [0.5, 0.6) is 0 Å². The number of nitriles is 2. The van der Waals surface area contributed by atoms with Crippen molar-refractivity contribution in [1.82, 2.24) is 0 Å². The molecule has 0 atom stereocenters. The molecule has 0 saturated heterocycles. The highest BCUT2D eigenvalue weighted by Gasteiger charge is 2.02. The van der Waals surface area contributed by atoms with E-state index in [0.717, 1.165) is 0 Å². The Morgan fingerprint density at radius 3 is 2.22 bits per heavy atom. The molecule has 0 aromatic rings. The van der Waals surface area contributed by atoms with E-state index in [4.69, 9.17) is 15.6 Å². The molecular formula is C6H8N2O. The monoisotopic (exact) mass is 124 g/mol. The molecule has 3 nitrogen and oxygen atoms in total. The lowest BCUT2D eigenvalue weighted by Gasteiger charge is -1.93. The third-order valence-corrected chi connectivity index (χ3v) is 0.963. The lowest BCUT2D eigenvalue weighted by atomic mass is 10.1. The van der Waals surface area contributed by atoms with Crippen molar-refractivity contribution in [3.05, 3.63) is 0 Å². The molecule has 0 fully saturated rings. The van der Waals surface area contributed by atoms with Crippen molar-refractivity contribution in [1.29, 1.82) is 10.5 Å². The second kappa shape index (κ2) is 5.08. The molecule has 0 aliphatic rings. The second-order valence-electron chi connectivity index (χ2n) is 1.68. The zero-order valence-corrected chi connectivity index (χ0v) is 5.04. The lowest BCUT2D eigenvalue weighted by Crippen LogP contribution is -1.94. The van der Waals surface area contributed by atoms with Crippen LogP contribution in [0.25, 0.3) is 0 Å². The molecule has 0 aliphatic carbocycles. The van der Waals surface area contributed by atoms with E-state index in [2.05, 4.69) is 0 Å². The molecule has 0 amide bonds. The van der Waals surface area contributed by atoms with Crippen molar-refractivity contribution in [3.8, 4) is 12.1 Å². The van der Waals surface area contributed by atoms with Crippen LogP contribution < -0.4 is 0 Å².